The Morgan fingerprint density at radius 2 is 1.62 bits per heavy atom. The number of carbonyl (C=O) groups excluding carboxylic acids is 2. The van der Waals surface area contributed by atoms with E-state index < -0.39 is 0 Å². The fourth-order valence-corrected chi connectivity index (χ4v) is 3.83. The van der Waals surface area contributed by atoms with Crippen molar-refractivity contribution in [1.82, 2.24) is 5.32 Å². The molecule has 0 radical (unpaired) electrons. The molecule has 4 heteroatoms. The second kappa shape index (κ2) is 7.92. The van der Waals surface area contributed by atoms with Gasteiger partial charge in [0.2, 0.25) is 5.91 Å². The van der Waals surface area contributed by atoms with Crippen LogP contribution in [-0.2, 0) is 11.2 Å². The van der Waals surface area contributed by atoms with Gasteiger partial charge in [-0.25, -0.2) is 0 Å². The molecule has 0 spiro atoms. The summed E-state index contributed by atoms with van der Waals surface area (Å²) in [5.41, 5.74) is 6.07. The summed E-state index contributed by atoms with van der Waals surface area (Å²) in [6.45, 7) is 4.33. The number of hydrogen-bond donors (Lipinski definition) is 1. The maximum absolute atomic E-state index is 12.6. The van der Waals surface area contributed by atoms with Gasteiger partial charge in [0, 0.05) is 24.7 Å². The Morgan fingerprint density at radius 1 is 0.931 bits per heavy atom. The second-order valence-electron chi connectivity index (χ2n) is 7.45. The van der Waals surface area contributed by atoms with Gasteiger partial charge in [0.1, 0.15) is 0 Å². The van der Waals surface area contributed by atoms with Gasteiger partial charge in [-0.2, -0.15) is 0 Å². The van der Waals surface area contributed by atoms with Crippen LogP contribution in [0.5, 0.6) is 0 Å². The van der Waals surface area contributed by atoms with Gasteiger partial charge in [0.25, 0.3) is 5.91 Å². The predicted octanol–water partition coefficient (Wildman–Crippen LogP) is 4.75. The van der Waals surface area contributed by atoms with Gasteiger partial charge in [-0.05, 0) is 59.9 Å². The zero-order valence-corrected chi connectivity index (χ0v) is 16.7. The van der Waals surface area contributed by atoms with E-state index in [4.69, 9.17) is 0 Å². The SMILES string of the molecule is CC(=O)N1CCc2cc(-c3ccc(C(=O)NC(C)c4ccccc4)cc3)ccc21. The fourth-order valence-electron chi connectivity index (χ4n) is 3.83. The van der Waals surface area contributed by atoms with E-state index in [0.717, 1.165) is 35.3 Å². The summed E-state index contributed by atoms with van der Waals surface area (Å²) in [6.07, 6.45) is 0.876. The fraction of sp³-hybridized carbons (Fsp3) is 0.200. The number of anilines is 1. The smallest absolute Gasteiger partial charge is 0.251 e. The van der Waals surface area contributed by atoms with E-state index in [1.807, 2.05) is 78.6 Å². The minimum atomic E-state index is -0.0843. The average Bonchev–Trinajstić information content (AvgIpc) is 3.18. The van der Waals surface area contributed by atoms with Crippen LogP contribution >= 0.6 is 0 Å². The zero-order valence-electron chi connectivity index (χ0n) is 16.7. The second-order valence-corrected chi connectivity index (χ2v) is 7.45. The largest absolute Gasteiger partial charge is 0.346 e. The summed E-state index contributed by atoms with van der Waals surface area (Å²) in [7, 11) is 0. The summed E-state index contributed by atoms with van der Waals surface area (Å²) in [4.78, 5) is 26.1. The monoisotopic (exact) mass is 384 g/mol. The van der Waals surface area contributed by atoms with Gasteiger partial charge in [-0.1, -0.05) is 48.5 Å². The minimum absolute atomic E-state index is 0.0516. The highest BCUT2D eigenvalue weighted by molar-refractivity contribution is 5.95. The molecule has 1 N–H and O–H groups in total. The van der Waals surface area contributed by atoms with Crippen LogP contribution in [0.3, 0.4) is 0 Å². The molecule has 0 saturated carbocycles. The lowest BCUT2D eigenvalue weighted by molar-refractivity contribution is -0.116. The highest BCUT2D eigenvalue weighted by atomic mass is 16.2. The lowest BCUT2D eigenvalue weighted by Crippen LogP contribution is -2.26. The first-order valence-electron chi connectivity index (χ1n) is 9.90. The highest BCUT2D eigenvalue weighted by Gasteiger charge is 2.22. The Kier molecular flexibility index (Phi) is 5.17. The van der Waals surface area contributed by atoms with Gasteiger partial charge in [-0.15, -0.1) is 0 Å². The summed E-state index contributed by atoms with van der Waals surface area (Å²) in [5.74, 6) is -0.00412. The Labute approximate surface area is 171 Å². The van der Waals surface area contributed by atoms with E-state index in [-0.39, 0.29) is 17.9 Å². The summed E-state index contributed by atoms with van der Waals surface area (Å²) in [5, 5.41) is 3.04. The number of nitrogens with one attached hydrogen (secondary N) is 1. The van der Waals surface area contributed by atoms with E-state index in [9.17, 15) is 9.59 Å². The first-order valence-corrected chi connectivity index (χ1v) is 9.90. The molecule has 146 valence electrons. The van der Waals surface area contributed by atoms with Gasteiger partial charge in [0.15, 0.2) is 0 Å². The molecule has 3 aromatic carbocycles. The van der Waals surface area contributed by atoms with E-state index in [1.165, 1.54) is 5.56 Å². The molecule has 1 unspecified atom stereocenters. The summed E-state index contributed by atoms with van der Waals surface area (Å²) in [6, 6.07) is 23.7. The van der Waals surface area contributed by atoms with E-state index >= 15 is 0 Å². The van der Waals surface area contributed by atoms with Crippen molar-refractivity contribution in [2.75, 3.05) is 11.4 Å². The van der Waals surface area contributed by atoms with Gasteiger partial charge in [-0.3, -0.25) is 9.59 Å². The van der Waals surface area contributed by atoms with Crippen molar-refractivity contribution in [2.45, 2.75) is 26.3 Å². The number of carbonyl (C=O) groups is 2. The van der Waals surface area contributed by atoms with Crippen molar-refractivity contribution in [3.05, 3.63) is 89.5 Å². The molecule has 3 aromatic rings. The maximum atomic E-state index is 12.6. The van der Waals surface area contributed by atoms with Crippen LogP contribution in [0.4, 0.5) is 5.69 Å². The molecule has 1 aliphatic rings. The van der Waals surface area contributed by atoms with Crippen LogP contribution in [0.1, 0.15) is 41.4 Å². The van der Waals surface area contributed by atoms with Crippen molar-refractivity contribution in [2.24, 2.45) is 0 Å². The summed E-state index contributed by atoms with van der Waals surface area (Å²) >= 11 is 0. The predicted molar refractivity (Wildman–Crippen MR) is 116 cm³/mol. The molecule has 29 heavy (non-hydrogen) atoms. The number of rotatable bonds is 4. The molecule has 0 fully saturated rings. The molecule has 1 atom stereocenters. The number of nitrogens with zero attached hydrogens (tertiary/aromatic N) is 1. The highest BCUT2D eigenvalue weighted by Crippen LogP contribution is 2.32. The van der Waals surface area contributed by atoms with Gasteiger partial charge in [0.05, 0.1) is 6.04 Å². The van der Waals surface area contributed by atoms with Crippen molar-refractivity contribution < 1.29 is 9.59 Å². The molecule has 4 rings (SSSR count). The third kappa shape index (κ3) is 3.92. The van der Waals surface area contributed by atoms with Crippen molar-refractivity contribution in [3.63, 3.8) is 0 Å². The standard InChI is InChI=1S/C25H24N2O2/c1-17(19-6-4-3-5-7-19)26-25(29)21-10-8-20(9-11-21)22-12-13-24-23(16-22)14-15-27(24)18(2)28/h3-13,16-17H,14-15H2,1-2H3,(H,26,29). The van der Waals surface area contributed by atoms with Crippen molar-refractivity contribution >= 4 is 17.5 Å². The molecule has 0 saturated heterocycles. The molecule has 4 nitrogen and oxygen atoms in total. The lowest BCUT2D eigenvalue weighted by atomic mass is 10.00. The molecule has 0 aliphatic carbocycles. The van der Waals surface area contributed by atoms with E-state index in [2.05, 4.69) is 11.4 Å². The first-order chi connectivity index (χ1) is 14.0. The zero-order chi connectivity index (χ0) is 20.4. The minimum Gasteiger partial charge on any atom is -0.346 e. The Hall–Kier alpha value is -3.40. The van der Waals surface area contributed by atoms with Crippen LogP contribution in [0, 0.1) is 0 Å². The summed E-state index contributed by atoms with van der Waals surface area (Å²) < 4.78 is 0. The normalized spacial score (nSPS) is 13.7. The van der Waals surface area contributed by atoms with Gasteiger partial charge >= 0.3 is 0 Å². The average molecular weight is 384 g/mol. The van der Waals surface area contributed by atoms with Crippen LogP contribution in [0.2, 0.25) is 0 Å². The number of benzene rings is 3. The maximum Gasteiger partial charge on any atom is 0.251 e. The Balaban J connectivity index is 1.48. The lowest BCUT2D eigenvalue weighted by Gasteiger charge is -2.15. The van der Waals surface area contributed by atoms with Crippen molar-refractivity contribution in [1.29, 1.82) is 0 Å². The third-order valence-corrected chi connectivity index (χ3v) is 5.48. The molecule has 0 bridgehead atoms. The van der Waals surface area contributed by atoms with Crippen LogP contribution < -0.4 is 10.2 Å². The first kappa shape index (κ1) is 18.9. The molecular formula is C25H24N2O2. The number of fused-ring (bicyclic) bond motifs is 1. The topological polar surface area (TPSA) is 49.4 Å². The van der Waals surface area contributed by atoms with Crippen LogP contribution in [-0.4, -0.2) is 18.4 Å². The molecule has 0 aromatic heterocycles. The van der Waals surface area contributed by atoms with E-state index in [0.29, 0.717) is 5.56 Å². The molecule has 1 heterocycles. The third-order valence-electron chi connectivity index (χ3n) is 5.48. The Morgan fingerprint density at radius 3 is 2.31 bits per heavy atom. The van der Waals surface area contributed by atoms with Gasteiger partial charge < -0.3 is 10.2 Å². The van der Waals surface area contributed by atoms with E-state index in [1.54, 1.807) is 6.92 Å². The quantitative estimate of drug-likeness (QED) is 0.705. The molecular weight excluding hydrogens is 360 g/mol. The Bertz CT molecular complexity index is 1040. The molecule has 1 aliphatic heterocycles. The van der Waals surface area contributed by atoms with Crippen LogP contribution in [0.25, 0.3) is 11.1 Å². The molecule has 2 amide bonds. The van der Waals surface area contributed by atoms with Crippen LogP contribution in [0.15, 0.2) is 72.8 Å². The number of hydrogen-bond acceptors (Lipinski definition) is 2. The van der Waals surface area contributed by atoms with Crippen molar-refractivity contribution in [3.8, 4) is 11.1 Å². The number of amides is 2.